The molecule has 0 saturated carbocycles. The number of aromatic nitrogens is 5. The molecule has 0 amide bonds. The second-order valence-corrected chi connectivity index (χ2v) is 6.15. The van der Waals surface area contributed by atoms with Crippen LogP contribution in [0.4, 0.5) is 35.1 Å². The average molecular weight is 443 g/mol. The van der Waals surface area contributed by atoms with Gasteiger partial charge in [-0.05, 0) is 0 Å². The van der Waals surface area contributed by atoms with Gasteiger partial charge in [0.15, 0.2) is 5.69 Å². The summed E-state index contributed by atoms with van der Waals surface area (Å²) in [6.07, 6.45) is -9.28. The Morgan fingerprint density at radius 3 is 2.23 bits per heavy atom. The van der Waals surface area contributed by atoms with E-state index in [1.165, 1.54) is 0 Å². The van der Waals surface area contributed by atoms with Gasteiger partial charge in [-0.2, -0.15) is 40.2 Å². The van der Waals surface area contributed by atoms with Crippen LogP contribution in [-0.4, -0.2) is 35.8 Å². The highest BCUT2D eigenvalue weighted by Crippen LogP contribution is 2.37. The molecule has 0 aliphatic carbocycles. The van der Waals surface area contributed by atoms with Gasteiger partial charge >= 0.3 is 18.3 Å². The number of aryl methyl sites for hydroxylation is 1. The molecule has 0 aliphatic rings. The third-order valence-corrected chi connectivity index (χ3v) is 4.06. The molecule has 0 radical (unpaired) electrons. The molecule has 7 nitrogen and oxygen atoms in total. The number of halogens is 8. The van der Waals surface area contributed by atoms with E-state index in [0.717, 1.165) is 19.3 Å². The zero-order valence-electron chi connectivity index (χ0n) is 14.6. The normalized spacial score (nSPS) is 13.2. The molecule has 3 heterocycles. The molecular formula is C15H9F8N5O2. The molecule has 0 spiro atoms. The van der Waals surface area contributed by atoms with Crippen LogP contribution in [0, 0.1) is 0 Å². The van der Waals surface area contributed by atoms with Crippen LogP contribution in [0.2, 0.25) is 0 Å². The Balaban J connectivity index is 2.23. The van der Waals surface area contributed by atoms with Gasteiger partial charge in [0, 0.05) is 31.1 Å². The van der Waals surface area contributed by atoms with Crippen LogP contribution in [0.5, 0.6) is 0 Å². The zero-order chi connectivity index (χ0) is 22.6. The first-order valence-electron chi connectivity index (χ1n) is 7.80. The summed E-state index contributed by atoms with van der Waals surface area (Å²) in [4.78, 5) is 27.6. The van der Waals surface area contributed by atoms with Crippen molar-refractivity contribution in [1.82, 2.24) is 23.7 Å². The Labute approximate surface area is 159 Å². The summed E-state index contributed by atoms with van der Waals surface area (Å²) in [5, 5.41) is 3.21. The third-order valence-electron chi connectivity index (χ3n) is 4.06. The number of hydrogen-bond donors (Lipinski definition) is 0. The van der Waals surface area contributed by atoms with E-state index in [2.05, 4.69) is 10.1 Å². The lowest BCUT2D eigenvalue weighted by Gasteiger charge is -2.19. The maximum Gasteiger partial charge on any atom is 0.455 e. The molecule has 15 heteroatoms. The van der Waals surface area contributed by atoms with Crippen molar-refractivity contribution in [3.63, 3.8) is 0 Å². The third kappa shape index (κ3) is 3.54. The molecule has 162 valence electrons. The van der Waals surface area contributed by atoms with Gasteiger partial charge in [-0.3, -0.25) is 23.2 Å². The van der Waals surface area contributed by atoms with Crippen molar-refractivity contribution in [1.29, 1.82) is 0 Å². The van der Waals surface area contributed by atoms with Crippen LogP contribution in [0.15, 0.2) is 34.2 Å². The number of hydrogen-bond acceptors (Lipinski definition) is 4. The minimum absolute atomic E-state index is 0.0675. The van der Waals surface area contributed by atoms with Gasteiger partial charge in [-0.15, -0.1) is 0 Å². The first-order chi connectivity index (χ1) is 13.6. The highest BCUT2D eigenvalue weighted by atomic mass is 19.4. The van der Waals surface area contributed by atoms with Crippen LogP contribution >= 0.6 is 0 Å². The summed E-state index contributed by atoms with van der Waals surface area (Å²) in [5.41, 5.74) is -5.65. The lowest BCUT2D eigenvalue weighted by atomic mass is 10.1. The second kappa shape index (κ2) is 6.63. The van der Waals surface area contributed by atoms with Crippen molar-refractivity contribution in [2.45, 2.75) is 24.8 Å². The van der Waals surface area contributed by atoms with Crippen molar-refractivity contribution in [3.05, 3.63) is 51.1 Å². The maximum absolute atomic E-state index is 13.5. The van der Waals surface area contributed by atoms with Crippen LogP contribution in [-0.2, 0) is 19.8 Å². The summed E-state index contributed by atoms with van der Waals surface area (Å²) in [6, 6.07) is 0.875. The molecular weight excluding hydrogens is 434 g/mol. The average Bonchev–Trinajstić information content (AvgIpc) is 3.03. The molecule has 0 atom stereocenters. The van der Waals surface area contributed by atoms with Gasteiger partial charge in [0.1, 0.15) is 6.54 Å². The lowest BCUT2D eigenvalue weighted by molar-refractivity contribution is -0.287. The van der Waals surface area contributed by atoms with Crippen LogP contribution < -0.4 is 11.1 Å². The Morgan fingerprint density at radius 2 is 1.67 bits per heavy atom. The lowest BCUT2D eigenvalue weighted by Crippen LogP contribution is -2.40. The predicted molar refractivity (Wildman–Crippen MR) is 83.9 cm³/mol. The fraction of sp³-hybridized carbons (Fsp3) is 0.333. The first-order valence-corrected chi connectivity index (χ1v) is 7.80. The quantitative estimate of drug-likeness (QED) is 0.584. The molecule has 0 bridgehead atoms. The van der Waals surface area contributed by atoms with Gasteiger partial charge in [0.25, 0.3) is 11.1 Å². The van der Waals surface area contributed by atoms with E-state index in [0.29, 0.717) is 21.4 Å². The molecule has 3 aromatic rings. The summed E-state index contributed by atoms with van der Waals surface area (Å²) in [6.45, 7) is -2.01. The van der Waals surface area contributed by atoms with E-state index in [1.807, 2.05) is 0 Å². The summed E-state index contributed by atoms with van der Waals surface area (Å²) >= 11 is 0. The highest BCUT2D eigenvalue weighted by molar-refractivity contribution is 5.65. The second-order valence-electron chi connectivity index (χ2n) is 6.15. The molecule has 0 saturated heterocycles. The van der Waals surface area contributed by atoms with Crippen LogP contribution in [0.1, 0.15) is 5.69 Å². The fourth-order valence-corrected chi connectivity index (χ4v) is 2.58. The minimum Gasteiger partial charge on any atom is -0.281 e. The van der Waals surface area contributed by atoms with E-state index >= 15 is 0 Å². The number of alkyl halides is 8. The Bertz CT molecular complexity index is 1240. The van der Waals surface area contributed by atoms with Gasteiger partial charge in [-0.25, -0.2) is 4.98 Å². The Morgan fingerprint density at radius 1 is 1.03 bits per heavy atom. The van der Waals surface area contributed by atoms with E-state index < -0.39 is 58.5 Å². The minimum atomic E-state index is -5.91. The van der Waals surface area contributed by atoms with Crippen molar-refractivity contribution < 1.29 is 35.1 Å². The largest absolute Gasteiger partial charge is 0.455 e. The molecule has 0 aromatic carbocycles. The standard InChI is InChI=1S/C15H9F8N5O2/c1-26-8(29)2-3-28-11(30)9(10(14(18,19)20)25-12(26)28)7-4-24-27(5-7)6-13(16,17)15(21,22)23/h2-5H,6H2,1H3. The van der Waals surface area contributed by atoms with Gasteiger partial charge in [0.05, 0.1) is 11.8 Å². The van der Waals surface area contributed by atoms with Crippen LogP contribution in [0.25, 0.3) is 16.9 Å². The van der Waals surface area contributed by atoms with E-state index in [4.69, 9.17) is 0 Å². The Kier molecular flexibility index (Phi) is 4.74. The zero-order valence-corrected chi connectivity index (χ0v) is 14.6. The molecule has 0 unspecified atom stereocenters. The molecule has 0 aliphatic heterocycles. The molecule has 3 rings (SSSR count). The van der Waals surface area contributed by atoms with Crippen molar-refractivity contribution in [2.75, 3.05) is 0 Å². The molecule has 0 fully saturated rings. The van der Waals surface area contributed by atoms with Gasteiger partial charge < -0.3 is 0 Å². The monoisotopic (exact) mass is 443 g/mol. The highest BCUT2D eigenvalue weighted by Gasteiger charge is 2.57. The number of fused-ring (bicyclic) bond motifs is 1. The van der Waals surface area contributed by atoms with Crippen LogP contribution in [0.3, 0.4) is 0 Å². The van der Waals surface area contributed by atoms with Crippen molar-refractivity contribution in [3.8, 4) is 11.1 Å². The predicted octanol–water partition coefficient (Wildman–Crippen LogP) is 2.47. The molecule has 0 N–H and O–H groups in total. The van der Waals surface area contributed by atoms with E-state index in [1.54, 1.807) is 0 Å². The molecule has 3 aromatic heterocycles. The summed E-state index contributed by atoms with van der Waals surface area (Å²) in [5.74, 6) is -5.86. The van der Waals surface area contributed by atoms with Crippen molar-refractivity contribution in [2.24, 2.45) is 7.05 Å². The number of nitrogens with zero attached hydrogens (tertiary/aromatic N) is 5. The van der Waals surface area contributed by atoms with E-state index in [-0.39, 0.29) is 4.68 Å². The maximum atomic E-state index is 13.5. The smallest absolute Gasteiger partial charge is 0.281 e. The SMILES string of the molecule is Cn1c(=O)ccn2c(=O)c(-c3cnn(CC(F)(F)C(F)(F)F)c3)c(C(F)(F)F)nc12. The first kappa shape index (κ1) is 21.4. The Hall–Kier alpha value is -3.26. The van der Waals surface area contributed by atoms with Gasteiger partial charge in [0.2, 0.25) is 5.78 Å². The van der Waals surface area contributed by atoms with Gasteiger partial charge in [-0.1, -0.05) is 0 Å². The topological polar surface area (TPSA) is 74.2 Å². The number of rotatable bonds is 3. The summed E-state index contributed by atoms with van der Waals surface area (Å²) in [7, 11) is 1.07. The molecule has 30 heavy (non-hydrogen) atoms. The van der Waals surface area contributed by atoms with E-state index in [9.17, 15) is 44.7 Å². The van der Waals surface area contributed by atoms with Crippen molar-refractivity contribution >= 4 is 5.78 Å². The summed E-state index contributed by atoms with van der Waals surface area (Å²) < 4.78 is 105. The fourth-order valence-electron chi connectivity index (χ4n) is 2.58.